The van der Waals surface area contributed by atoms with E-state index in [-0.39, 0.29) is 23.7 Å². The molecule has 6 heteroatoms. The number of aromatic hydroxyl groups is 1. The van der Waals surface area contributed by atoms with Crippen LogP contribution in [0.5, 0.6) is 5.75 Å². The first kappa shape index (κ1) is 21.0. The minimum absolute atomic E-state index is 0. The normalized spacial score (nSPS) is 11.9. The lowest BCUT2D eigenvalue weighted by Crippen LogP contribution is -2.23. The molecule has 1 heterocycles. The van der Waals surface area contributed by atoms with E-state index in [4.69, 9.17) is 0 Å². The first-order valence-electron chi connectivity index (χ1n) is 8.84. The molecule has 0 aliphatic carbocycles. The van der Waals surface area contributed by atoms with Gasteiger partial charge in [0.05, 0.1) is 11.6 Å². The van der Waals surface area contributed by atoms with E-state index < -0.39 is 6.10 Å². The average Bonchev–Trinajstić information content (AvgIpc) is 2.63. The largest absolute Gasteiger partial charge is 0.506 e. The van der Waals surface area contributed by atoms with E-state index in [1.165, 1.54) is 23.3 Å². The van der Waals surface area contributed by atoms with Crippen molar-refractivity contribution in [3.8, 4) is 5.75 Å². The number of hydrogen-bond donors (Lipinski definition) is 4. The molecule has 0 fully saturated rings. The molecule has 0 saturated heterocycles. The van der Waals surface area contributed by atoms with E-state index in [1.54, 1.807) is 12.1 Å². The van der Waals surface area contributed by atoms with Crippen molar-refractivity contribution >= 4 is 23.3 Å². The maximum absolute atomic E-state index is 11.5. The summed E-state index contributed by atoms with van der Waals surface area (Å²) >= 11 is 0. The Labute approximate surface area is 164 Å². The van der Waals surface area contributed by atoms with Crippen molar-refractivity contribution in [1.82, 2.24) is 10.3 Å². The SMILES string of the molecule is Cc1ccc(CCCNCC(O)c2ccc(O)c3[nH]c(=O)ccc23)cc1.Cl. The summed E-state index contributed by atoms with van der Waals surface area (Å²) in [6.07, 6.45) is 1.26. The second-order valence-corrected chi connectivity index (χ2v) is 6.59. The molecule has 27 heavy (non-hydrogen) atoms. The van der Waals surface area contributed by atoms with Crippen LogP contribution < -0.4 is 10.9 Å². The predicted octanol–water partition coefficient (Wildman–Crippen LogP) is 3.22. The van der Waals surface area contributed by atoms with Crippen LogP contribution in [0.3, 0.4) is 0 Å². The fraction of sp³-hybridized carbons (Fsp3) is 0.286. The highest BCUT2D eigenvalue weighted by molar-refractivity contribution is 5.87. The van der Waals surface area contributed by atoms with Crippen LogP contribution in [-0.2, 0) is 6.42 Å². The van der Waals surface area contributed by atoms with Gasteiger partial charge in [-0.15, -0.1) is 12.4 Å². The molecular weight excluding hydrogens is 364 g/mol. The maximum atomic E-state index is 11.5. The minimum atomic E-state index is -0.719. The number of hydrogen-bond acceptors (Lipinski definition) is 4. The van der Waals surface area contributed by atoms with E-state index in [0.29, 0.717) is 23.0 Å². The zero-order valence-electron chi connectivity index (χ0n) is 15.2. The molecule has 3 aromatic rings. The van der Waals surface area contributed by atoms with Crippen LogP contribution in [0.2, 0.25) is 0 Å². The molecule has 1 unspecified atom stereocenters. The summed E-state index contributed by atoms with van der Waals surface area (Å²) in [4.78, 5) is 14.1. The molecule has 0 aliphatic heterocycles. The van der Waals surface area contributed by atoms with Gasteiger partial charge in [0.15, 0.2) is 0 Å². The average molecular weight is 389 g/mol. The quantitative estimate of drug-likeness (QED) is 0.468. The van der Waals surface area contributed by atoms with Gasteiger partial charge < -0.3 is 20.5 Å². The highest BCUT2D eigenvalue weighted by Crippen LogP contribution is 2.28. The number of H-pyrrole nitrogens is 1. The molecule has 0 spiro atoms. The van der Waals surface area contributed by atoms with Crippen molar-refractivity contribution in [2.75, 3.05) is 13.1 Å². The minimum Gasteiger partial charge on any atom is -0.506 e. The summed E-state index contributed by atoms with van der Waals surface area (Å²) in [6.45, 7) is 3.29. The number of phenolic OH excluding ortho intramolecular Hbond substituents is 1. The lowest BCUT2D eigenvalue weighted by Gasteiger charge is -2.15. The summed E-state index contributed by atoms with van der Waals surface area (Å²) in [7, 11) is 0. The molecular formula is C21H25ClN2O3. The number of pyridine rings is 1. The standard InChI is InChI=1S/C21H24N2O3.ClH/c1-14-4-6-15(7-5-14)3-2-12-22-13-19(25)16-8-10-18(24)21-17(16)9-11-20(26)23-21;/h4-11,19,22,24-25H,2-3,12-13H2,1H3,(H,23,26);1H. The molecule has 0 aliphatic rings. The van der Waals surface area contributed by atoms with Gasteiger partial charge >= 0.3 is 0 Å². The Morgan fingerprint density at radius 1 is 1.07 bits per heavy atom. The van der Waals surface area contributed by atoms with Crippen LogP contribution in [0.1, 0.15) is 29.2 Å². The van der Waals surface area contributed by atoms with Crippen LogP contribution in [0.25, 0.3) is 10.9 Å². The van der Waals surface area contributed by atoms with Gasteiger partial charge in [-0.25, -0.2) is 0 Å². The number of fused-ring (bicyclic) bond motifs is 1. The molecule has 4 N–H and O–H groups in total. The van der Waals surface area contributed by atoms with Crippen molar-refractivity contribution in [2.45, 2.75) is 25.9 Å². The van der Waals surface area contributed by atoms with Crippen LogP contribution in [0, 0.1) is 6.92 Å². The number of aromatic amines is 1. The molecule has 144 valence electrons. The highest BCUT2D eigenvalue weighted by Gasteiger charge is 2.13. The lowest BCUT2D eigenvalue weighted by atomic mass is 10.0. The van der Waals surface area contributed by atoms with Crippen LogP contribution in [-0.4, -0.2) is 28.3 Å². The number of phenols is 1. The Kier molecular flexibility index (Phi) is 7.42. The Morgan fingerprint density at radius 2 is 1.81 bits per heavy atom. The fourth-order valence-electron chi connectivity index (χ4n) is 3.07. The van der Waals surface area contributed by atoms with Gasteiger partial charge in [-0.3, -0.25) is 4.79 Å². The maximum Gasteiger partial charge on any atom is 0.248 e. The molecule has 5 nitrogen and oxygen atoms in total. The number of aliphatic hydroxyl groups is 1. The zero-order valence-corrected chi connectivity index (χ0v) is 16.1. The number of aliphatic hydroxyl groups excluding tert-OH is 1. The van der Waals surface area contributed by atoms with E-state index in [1.807, 2.05) is 0 Å². The van der Waals surface area contributed by atoms with Gasteiger partial charge in [0.25, 0.3) is 0 Å². The Morgan fingerprint density at radius 3 is 2.56 bits per heavy atom. The van der Waals surface area contributed by atoms with E-state index in [9.17, 15) is 15.0 Å². The number of rotatable bonds is 7. The third-order valence-electron chi connectivity index (χ3n) is 4.54. The summed E-state index contributed by atoms with van der Waals surface area (Å²) in [5.41, 5.74) is 3.33. The summed E-state index contributed by atoms with van der Waals surface area (Å²) < 4.78 is 0. The number of aryl methyl sites for hydroxylation is 2. The molecule has 0 radical (unpaired) electrons. The van der Waals surface area contributed by atoms with Crippen molar-refractivity contribution in [1.29, 1.82) is 0 Å². The third-order valence-corrected chi connectivity index (χ3v) is 4.54. The summed E-state index contributed by atoms with van der Waals surface area (Å²) in [6, 6.07) is 14.7. The van der Waals surface area contributed by atoms with Crippen molar-refractivity contribution in [2.24, 2.45) is 0 Å². The smallest absolute Gasteiger partial charge is 0.248 e. The van der Waals surface area contributed by atoms with Crippen LogP contribution >= 0.6 is 12.4 Å². The Bertz CT molecular complexity index is 938. The molecule has 0 saturated carbocycles. The van der Waals surface area contributed by atoms with Gasteiger partial charge in [-0.1, -0.05) is 35.9 Å². The Balaban J connectivity index is 0.00000261. The van der Waals surface area contributed by atoms with Crippen molar-refractivity contribution in [3.63, 3.8) is 0 Å². The van der Waals surface area contributed by atoms with E-state index >= 15 is 0 Å². The number of halogens is 1. The topological polar surface area (TPSA) is 85.3 Å². The van der Waals surface area contributed by atoms with Crippen molar-refractivity contribution in [3.05, 3.63) is 75.6 Å². The van der Waals surface area contributed by atoms with Gasteiger partial charge in [0.2, 0.25) is 5.56 Å². The molecule has 1 aromatic heterocycles. The first-order chi connectivity index (χ1) is 12.5. The van der Waals surface area contributed by atoms with E-state index in [2.05, 4.69) is 41.5 Å². The molecule has 3 rings (SSSR count). The number of benzene rings is 2. The molecule has 2 aromatic carbocycles. The zero-order chi connectivity index (χ0) is 18.5. The third kappa shape index (κ3) is 5.32. The number of nitrogens with one attached hydrogen (secondary N) is 2. The lowest BCUT2D eigenvalue weighted by molar-refractivity contribution is 0.176. The highest BCUT2D eigenvalue weighted by atomic mass is 35.5. The van der Waals surface area contributed by atoms with Gasteiger partial charge in [0, 0.05) is 18.0 Å². The molecule has 0 bridgehead atoms. The van der Waals surface area contributed by atoms with Gasteiger partial charge in [-0.05, 0) is 49.6 Å². The van der Waals surface area contributed by atoms with Crippen molar-refractivity contribution < 1.29 is 10.2 Å². The fourth-order valence-corrected chi connectivity index (χ4v) is 3.07. The molecule has 1 atom stereocenters. The van der Waals surface area contributed by atoms with Crippen LogP contribution in [0.15, 0.2) is 53.3 Å². The molecule has 0 amide bonds. The second-order valence-electron chi connectivity index (χ2n) is 6.59. The summed E-state index contributed by atoms with van der Waals surface area (Å²) in [5, 5.41) is 24.3. The Hall–Kier alpha value is -2.34. The van der Waals surface area contributed by atoms with Crippen LogP contribution in [0.4, 0.5) is 0 Å². The van der Waals surface area contributed by atoms with Gasteiger partial charge in [0.1, 0.15) is 5.75 Å². The monoisotopic (exact) mass is 388 g/mol. The number of aromatic nitrogens is 1. The second kappa shape index (κ2) is 9.55. The van der Waals surface area contributed by atoms with E-state index in [0.717, 1.165) is 19.4 Å². The first-order valence-corrected chi connectivity index (χ1v) is 8.84. The predicted molar refractivity (Wildman–Crippen MR) is 111 cm³/mol. The summed E-state index contributed by atoms with van der Waals surface area (Å²) in [5.74, 6) is -0.000271. The van der Waals surface area contributed by atoms with Gasteiger partial charge in [-0.2, -0.15) is 0 Å².